The number of aryl methyl sites for hydroxylation is 2. The molecule has 14 heavy (non-hydrogen) atoms. The smallest absolute Gasteiger partial charge is 0.137 e. The third-order valence-electron chi connectivity index (χ3n) is 2.56. The quantitative estimate of drug-likeness (QED) is 0.780. The van der Waals surface area contributed by atoms with E-state index in [1.54, 1.807) is 0 Å². The van der Waals surface area contributed by atoms with Crippen LogP contribution in [0.4, 0.5) is 0 Å². The fourth-order valence-electron chi connectivity index (χ4n) is 1.91. The monoisotopic (exact) mass is 189 g/mol. The molecule has 2 heterocycles. The molecule has 0 fully saturated rings. The minimum absolute atomic E-state index is 0.556. The molecule has 0 aliphatic carbocycles. The molecule has 2 N–H and O–H groups in total. The molecule has 2 rings (SSSR count). The molecule has 0 atom stereocenters. The number of hydrogen-bond acceptors (Lipinski definition) is 2. The third-order valence-corrected chi connectivity index (χ3v) is 2.56. The molecule has 0 radical (unpaired) electrons. The van der Waals surface area contributed by atoms with Crippen LogP contribution in [0.5, 0.6) is 0 Å². The molecule has 0 unspecified atom stereocenters. The lowest BCUT2D eigenvalue weighted by Crippen LogP contribution is -2.05. The van der Waals surface area contributed by atoms with Gasteiger partial charge in [0.15, 0.2) is 0 Å². The highest BCUT2D eigenvalue weighted by atomic mass is 15.0. The Labute approximate surface area is 83.6 Å². The zero-order valence-corrected chi connectivity index (χ0v) is 8.62. The first-order chi connectivity index (χ1) is 6.77. The van der Waals surface area contributed by atoms with Crippen molar-refractivity contribution in [2.45, 2.75) is 26.8 Å². The second-order valence-electron chi connectivity index (χ2n) is 3.41. The topological polar surface area (TPSA) is 43.3 Å². The van der Waals surface area contributed by atoms with E-state index in [2.05, 4.69) is 16.3 Å². The van der Waals surface area contributed by atoms with Gasteiger partial charge in [0.05, 0.1) is 5.69 Å². The molecular weight excluding hydrogens is 174 g/mol. The number of aromatic nitrogens is 2. The van der Waals surface area contributed by atoms with Crippen molar-refractivity contribution < 1.29 is 0 Å². The van der Waals surface area contributed by atoms with E-state index in [-0.39, 0.29) is 0 Å². The maximum Gasteiger partial charge on any atom is 0.137 e. The molecule has 0 aliphatic heterocycles. The lowest BCUT2D eigenvalue weighted by atomic mass is 10.2. The van der Waals surface area contributed by atoms with Crippen LogP contribution in [0.15, 0.2) is 18.2 Å². The van der Waals surface area contributed by atoms with E-state index in [0.717, 1.165) is 23.5 Å². The van der Waals surface area contributed by atoms with Crippen LogP contribution in [-0.2, 0) is 13.0 Å². The molecule has 0 saturated heterocycles. The molecule has 0 aliphatic rings. The Hall–Kier alpha value is -1.35. The lowest BCUT2D eigenvalue weighted by Gasteiger charge is -2.05. The summed E-state index contributed by atoms with van der Waals surface area (Å²) < 4.78 is 2.16. The largest absolute Gasteiger partial charge is 0.325 e. The van der Waals surface area contributed by atoms with E-state index >= 15 is 0 Å². The van der Waals surface area contributed by atoms with Crippen molar-refractivity contribution >= 4 is 5.65 Å². The highest BCUT2D eigenvalue weighted by Crippen LogP contribution is 2.15. The predicted molar refractivity (Wildman–Crippen MR) is 57.2 cm³/mol. The van der Waals surface area contributed by atoms with Gasteiger partial charge in [-0.15, -0.1) is 0 Å². The molecule has 0 amide bonds. The van der Waals surface area contributed by atoms with Crippen LogP contribution < -0.4 is 5.73 Å². The standard InChI is InChI=1S/C11H15N3/c1-3-10-8(2)13-11-6-4-5-9(7-12)14(10)11/h4-6H,3,7,12H2,1-2H3. The van der Waals surface area contributed by atoms with Crippen LogP contribution >= 0.6 is 0 Å². The molecule has 0 aromatic carbocycles. The predicted octanol–water partition coefficient (Wildman–Crippen LogP) is 1.66. The fourth-order valence-corrected chi connectivity index (χ4v) is 1.91. The normalized spacial score (nSPS) is 11.1. The minimum Gasteiger partial charge on any atom is -0.325 e. The lowest BCUT2D eigenvalue weighted by molar-refractivity contribution is 0.886. The van der Waals surface area contributed by atoms with Crippen molar-refractivity contribution in [2.75, 3.05) is 0 Å². The van der Waals surface area contributed by atoms with Crippen LogP contribution in [0.1, 0.15) is 24.0 Å². The summed E-state index contributed by atoms with van der Waals surface area (Å²) in [4.78, 5) is 4.50. The number of hydrogen-bond donors (Lipinski definition) is 1. The Bertz CT molecular complexity index is 457. The van der Waals surface area contributed by atoms with E-state index in [1.807, 2.05) is 25.1 Å². The van der Waals surface area contributed by atoms with Gasteiger partial charge in [-0.1, -0.05) is 13.0 Å². The average Bonchev–Trinajstić information content (AvgIpc) is 2.52. The van der Waals surface area contributed by atoms with Crippen LogP contribution in [0.2, 0.25) is 0 Å². The molecule has 3 heteroatoms. The van der Waals surface area contributed by atoms with Gasteiger partial charge in [-0.2, -0.15) is 0 Å². The van der Waals surface area contributed by atoms with Crippen molar-refractivity contribution in [1.29, 1.82) is 0 Å². The summed E-state index contributed by atoms with van der Waals surface area (Å²) in [5, 5.41) is 0. The summed E-state index contributed by atoms with van der Waals surface area (Å²) in [5.74, 6) is 0. The Balaban J connectivity index is 2.82. The second kappa shape index (κ2) is 3.42. The summed E-state index contributed by atoms with van der Waals surface area (Å²) in [5.41, 5.74) is 10.2. The fraction of sp³-hybridized carbons (Fsp3) is 0.364. The van der Waals surface area contributed by atoms with E-state index in [4.69, 9.17) is 5.73 Å². The van der Waals surface area contributed by atoms with Gasteiger partial charge in [0.2, 0.25) is 0 Å². The van der Waals surface area contributed by atoms with Gasteiger partial charge < -0.3 is 5.73 Å². The molecule has 2 aromatic heterocycles. The van der Waals surface area contributed by atoms with Crippen LogP contribution in [-0.4, -0.2) is 9.38 Å². The maximum atomic E-state index is 5.70. The number of imidazole rings is 1. The van der Waals surface area contributed by atoms with Crippen molar-refractivity contribution in [1.82, 2.24) is 9.38 Å². The minimum atomic E-state index is 0.556. The summed E-state index contributed by atoms with van der Waals surface area (Å²) in [6.07, 6.45) is 0.990. The zero-order chi connectivity index (χ0) is 10.1. The first kappa shape index (κ1) is 9.21. The van der Waals surface area contributed by atoms with Crippen molar-refractivity contribution in [2.24, 2.45) is 5.73 Å². The average molecular weight is 189 g/mol. The van der Waals surface area contributed by atoms with Gasteiger partial charge in [-0.25, -0.2) is 4.98 Å². The summed E-state index contributed by atoms with van der Waals surface area (Å²) in [6.45, 7) is 4.75. The summed E-state index contributed by atoms with van der Waals surface area (Å²) in [6, 6.07) is 6.07. The number of nitrogens with two attached hydrogens (primary N) is 1. The number of rotatable bonds is 2. The van der Waals surface area contributed by atoms with Crippen LogP contribution in [0.25, 0.3) is 5.65 Å². The number of nitrogens with zero attached hydrogens (tertiary/aromatic N) is 2. The highest BCUT2D eigenvalue weighted by Gasteiger charge is 2.08. The van der Waals surface area contributed by atoms with E-state index in [9.17, 15) is 0 Å². The first-order valence-corrected chi connectivity index (χ1v) is 4.93. The highest BCUT2D eigenvalue weighted by molar-refractivity contribution is 5.45. The van der Waals surface area contributed by atoms with Crippen LogP contribution in [0, 0.1) is 6.92 Å². The summed E-state index contributed by atoms with van der Waals surface area (Å²) in [7, 11) is 0. The van der Waals surface area contributed by atoms with Gasteiger partial charge in [-0.05, 0) is 25.5 Å². The Morgan fingerprint density at radius 2 is 2.21 bits per heavy atom. The molecule has 3 nitrogen and oxygen atoms in total. The Morgan fingerprint density at radius 3 is 2.86 bits per heavy atom. The van der Waals surface area contributed by atoms with Crippen LogP contribution in [0.3, 0.4) is 0 Å². The molecule has 0 spiro atoms. The van der Waals surface area contributed by atoms with Gasteiger partial charge >= 0.3 is 0 Å². The van der Waals surface area contributed by atoms with Gasteiger partial charge in [0.25, 0.3) is 0 Å². The first-order valence-electron chi connectivity index (χ1n) is 4.93. The van der Waals surface area contributed by atoms with Crippen molar-refractivity contribution in [3.8, 4) is 0 Å². The second-order valence-corrected chi connectivity index (χ2v) is 3.41. The van der Waals surface area contributed by atoms with Gasteiger partial charge in [-0.3, -0.25) is 4.40 Å². The van der Waals surface area contributed by atoms with E-state index < -0.39 is 0 Å². The molecule has 2 aromatic rings. The summed E-state index contributed by atoms with van der Waals surface area (Å²) >= 11 is 0. The van der Waals surface area contributed by atoms with E-state index in [0.29, 0.717) is 6.54 Å². The van der Waals surface area contributed by atoms with Crippen molar-refractivity contribution in [3.05, 3.63) is 35.3 Å². The van der Waals surface area contributed by atoms with Crippen molar-refractivity contribution in [3.63, 3.8) is 0 Å². The maximum absolute atomic E-state index is 5.70. The Kier molecular flexibility index (Phi) is 2.25. The van der Waals surface area contributed by atoms with Gasteiger partial charge in [0, 0.05) is 17.9 Å². The van der Waals surface area contributed by atoms with E-state index in [1.165, 1.54) is 5.69 Å². The van der Waals surface area contributed by atoms with Gasteiger partial charge in [0.1, 0.15) is 5.65 Å². The Morgan fingerprint density at radius 1 is 1.43 bits per heavy atom. The molecule has 0 saturated carbocycles. The number of pyridine rings is 1. The molecular formula is C11H15N3. The number of fused-ring (bicyclic) bond motifs is 1. The molecule has 0 bridgehead atoms. The SMILES string of the molecule is CCc1c(C)nc2cccc(CN)n12. The molecule has 74 valence electrons. The third kappa shape index (κ3) is 1.21. The zero-order valence-electron chi connectivity index (χ0n) is 8.62.